The van der Waals surface area contributed by atoms with E-state index >= 15 is 0 Å². The van der Waals surface area contributed by atoms with Gasteiger partial charge in [-0.05, 0) is 6.07 Å². The zero-order valence-electron chi connectivity index (χ0n) is 13.0. The lowest BCUT2D eigenvalue weighted by Gasteiger charge is -2.16. The number of anilines is 1. The van der Waals surface area contributed by atoms with Gasteiger partial charge in [-0.25, -0.2) is 0 Å². The fourth-order valence-electron chi connectivity index (χ4n) is 1.84. The normalized spacial score (nSPS) is 11.7. The molecule has 0 radical (unpaired) electrons. The zero-order chi connectivity index (χ0) is 15.6. The summed E-state index contributed by atoms with van der Waals surface area (Å²) in [6.07, 6.45) is 3.52. The number of aryl methyl sites for hydroxylation is 2. The van der Waals surface area contributed by atoms with Crippen molar-refractivity contribution in [1.29, 1.82) is 0 Å². The monoisotopic (exact) mass is 307 g/mol. The second-order valence-corrected chi connectivity index (χ2v) is 7.66. The van der Waals surface area contributed by atoms with Crippen molar-refractivity contribution in [3.05, 3.63) is 18.5 Å². The van der Waals surface area contributed by atoms with Crippen LogP contribution in [0.4, 0.5) is 5.69 Å². The largest absolute Gasteiger partial charge is 0.322 e. The molecule has 0 bridgehead atoms. The Labute approximate surface area is 128 Å². The van der Waals surface area contributed by atoms with Gasteiger partial charge < -0.3 is 5.32 Å². The highest BCUT2D eigenvalue weighted by Gasteiger charge is 2.17. The van der Waals surface area contributed by atoms with Crippen LogP contribution in [0, 0.1) is 0 Å². The molecule has 0 fully saturated rings. The maximum absolute atomic E-state index is 12.1. The van der Waals surface area contributed by atoms with Crippen LogP contribution in [0.15, 0.2) is 18.5 Å². The minimum Gasteiger partial charge on any atom is -0.322 e. The number of hydrogen-bond acceptors (Lipinski definition) is 4. The second-order valence-electron chi connectivity index (χ2n) is 5.85. The Morgan fingerprint density at radius 3 is 2.67 bits per heavy atom. The number of hydrogen-bond donors (Lipinski definition) is 1. The summed E-state index contributed by atoms with van der Waals surface area (Å²) in [5.41, 5.74) is 2.31. The van der Waals surface area contributed by atoms with Gasteiger partial charge in [0.15, 0.2) is 0 Å². The molecule has 0 unspecified atom stereocenters. The van der Waals surface area contributed by atoms with Crippen LogP contribution in [-0.2, 0) is 18.9 Å². The van der Waals surface area contributed by atoms with E-state index < -0.39 is 0 Å². The SMILES string of the molecule is Cn1cc(NC(=O)CSC(C)(C)C)c(-c2ccnn2C)n1. The average molecular weight is 307 g/mol. The molecule has 7 heteroatoms. The molecule has 0 aliphatic heterocycles. The molecule has 2 aromatic heterocycles. The first-order valence-corrected chi connectivity index (χ1v) is 7.70. The summed E-state index contributed by atoms with van der Waals surface area (Å²) in [4.78, 5) is 12.1. The first-order chi connectivity index (χ1) is 9.76. The van der Waals surface area contributed by atoms with Crippen molar-refractivity contribution in [2.75, 3.05) is 11.1 Å². The third-order valence-electron chi connectivity index (χ3n) is 2.80. The maximum atomic E-state index is 12.1. The van der Waals surface area contributed by atoms with Crippen molar-refractivity contribution in [3.8, 4) is 11.4 Å². The number of amides is 1. The van der Waals surface area contributed by atoms with E-state index in [0.29, 0.717) is 11.4 Å². The molecular formula is C14H21N5OS. The van der Waals surface area contributed by atoms with Crippen molar-refractivity contribution < 1.29 is 4.79 Å². The summed E-state index contributed by atoms with van der Waals surface area (Å²) in [6.45, 7) is 6.28. The Kier molecular flexibility index (Phi) is 4.41. The number of rotatable bonds is 4. The summed E-state index contributed by atoms with van der Waals surface area (Å²) < 4.78 is 3.49. The van der Waals surface area contributed by atoms with Gasteiger partial charge in [0, 0.05) is 31.2 Å². The lowest BCUT2D eigenvalue weighted by atomic mass is 10.2. The number of carbonyl (C=O) groups excluding carboxylic acids is 1. The minimum atomic E-state index is -0.0219. The summed E-state index contributed by atoms with van der Waals surface area (Å²) in [5.74, 6) is 0.398. The van der Waals surface area contributed by atoms with Gasteiger partial charge in [0.2, 0.25) is 5.91 Å². The van der Waals surface area contributed by atoms with Crippen molar-refractivity contribution in [3.63, 3.8) is 0 Å². The topological polar surface area (TPSA) is 64.7 Å². The third-order valence-corrected chi connectivity index (χ3v) is 4.08. The molecule has 1 amide bonds. The van der Waals surface area contributed by atoms with E-state index in [1.807, 2.05) is 26.4 Å². The number of nitrogens with zero attached hydrogens (tertiary/aromatic N) is 4. The number of nitrogens with one attached hydrogen (secondary N) is 1. The molecule has 1 N–H and O–H groups in total. The standard InChI is InChI=1S/C14H21N5OS/c1-14(2,3)21-9-12(20)16-10-8-18(4)17-13(10)11-6-7-15-19(11)5/h6-8H,9H2,1-5H3,(H,16,20). The number of carbonyl (C=O) groups is 1. The Morgan fingerprint density at radius 2 is 2.10 bits per heavy atom. The van der Waals surface area contributed by atoms with Gasteiger partial charge in [-0.1, -0.05) is 20.8 Å². The Hall–Kier alpha value is -1.76. The van der Waals surface area contributed by atoms with Crippen LogP contribution in [0.2, 0.25) is 0 Å². The molecule has 0 saturated heterocycles. The first-order valence-electron chi connectivity index (χ1n) is 6.72. The Morgan fingerprint density at radius 1 is 1.38 bits per heavy atom. The summed E-state index contributed by atoms with van der Waals surface area (Å²) in [5, 5.41) is 11.5. The quantitative estimate of drug-likeness (QED) is 0.941. The fraction of sp³-hybridized carbons (Fsp3) is 0.500. The lowest BCUT2D eigenvalue weighted by molar-refractivity contribution is -0.113. The van der Waals surface area contributed by atoms with Crippen molar-refractivity contribution in [2.45, 2.75) is 25.5 Å². The molecule has 114 valence electrons. The van der Waals surface area contributed by atoms with Gasteiger partial charge in [-0.2, -0.15) is 10.2 Å². The summed E-state index contributed by atoms with van der Waals surface area (Å²) in [6, 6.07) is 1.88. The summed E-state index contributed by atoms with van der Waals surface area (Å²) >= 11 is 1.62. The van der Waals surface area contributed by atoms with Crippen LogP contribution in [0.25, 0.3) is 11.4 Å². The van der Waals surface area contributed by atoms with Crippen LogP contribution in [0.3, 0.4) is 0 Å². The predicted molar refractivity (Wildman–Crippen MR) is 86.3 cm³/mol. The molecule has 0 aliphatic carbocycles. The van der Waals surface area contributed by atoms with Crippen molar-refractivity contribution in [2.24, 2.45) is 14.1 Å². The number of thioether (sulfide) groups is 1. The van der Waals surface area contributed by atoms with Crippen LogP contribution in [0.1, 0.15) is 20.8 Å². The van der Waals surface area contributed by atoms with E-state index in [4.69, 9.17) is 0 Å². The number of aromatic nitrogens is 4. The second kappa shape index (κ2) is 5.93. The van der Waals surface area contributed by atoms with Gasteiger partial charge in [0.25, 0.3) is 0 Å². The highest BCUT2D eigenvalue weighted by molar-refractivity contribution is 8.01. The maximum Gasteiger partial charge on any atom is 0.234 e. The zero-order valence-corrected chi connectivity index (χ0v) is 13.9. The Bertz CT molecular complexity index is 638. The minimum absolute atomic E-state index is 0.0219. The van der Waals surface area contributed by atoms with Crippen LogP contribution < -0.4 is 5.32 Å². The van der Waals surface area contributed by atoms with E-state index in [-0.39, 0.29) is 10.7 Å². The first kappa shape index (κ1) is 15.6. The molecule has 2 heterocycles. The molecule has 0 aliphatic rings. The predicted octanol–water partition coefficient (Wildman–Crippen LogP) is 2.29. The van der Waals surface area contributed by atoms with Gasteiger partial charge in [-0.15, -0.1) is 11.8 Å². The molecule has 2 rings (SSSR count). The molecular weight excluding hydrogens is 286 g/mol. The van der Waals surface area contributed by atoms with Gasteiger partial charge in [0.05, 0.1) is 17.1 Å². The highest BCUT2D eigenvalue weighted by Crippen LogP contribution is 2.27. The Balaban J connectivity index is 2.14. The van der Waals surface area contributed by atoms with Gasteiger partial charge >= 0.3 is 0 Å². The van der Waals surface area contributed by atoms with E-state index in [2.05, 4.69) is 36.3 Å². The van der Waals surface area contributed by atoms with Crippen molar-refractivity contribution >= 4 is 23.4 Å². The van der Waals surface area contributed by atoms with E-state index in [0.717, 1.165) is 11.4 Å². The highest BCUT2D eigenvalue weighted by atomic mass is 32.2. The molecule has 21 heavy (non-hydrogen) atoms. The van der Waals surface area contributed by atoms with E-state index in [1.54, 1.807) is 27.3 Å². The van der Waals surface area contributed by atoms with Crippen LogP contribution >= 0.6 is 11.8 Å². The fourth-order valence-corrected chi connectivity index (χ4v) is 2.48. The molecule has 0 saturated carbocycles. The molecule has 0 spiro atoms. The molecule has 6 nitrogen and oxygen atoms in total. The average Bonchev–Trinajstić information content (AvgIpc) is 2.92. The van der Waals surface area contributed by atoms with E-state index in [1.165, 1.54) is 0 Å². The van der Waals surface area contributed by atoms with Crippen LogP contribution in [-0.4, -0.2) is 36.0 Å². The molecule has 0 atom stereocenters. The third kappa shape index (κ3) is 4.10. The summed E-state index contributed by atoms with van der Waals surface area (Å²) in [7, 11) is 3.69. The van der Waals surface area contributed by atoms with Crippen LogP contribution in [0.5, 0.6) is 0 Å². The lowest BCUT2D eigenvalue weighted by Crippen LogP contribution is -2.19. The molecule has 0 aromatic carbocycles. The van der Waals surface area contributed by atoms with E-state index in [9.17, 15) is 4.79 Å². The van der Waals surface area contributed by atoms with Gasteiger partial charge in [0.1, 0.15) is 5.69 Å². The smallest absolute Gasteiger partial charge is 0.234 e. The molecule has 2 aromatic rings. The van der Waals surface area contributed by atoms with Crippen molar-refractivity contribution in [1.82, 2.24) is 19.6 Å². The van der Waals surface area contributed by atoms with Gasteiger partial charge in [-0.3, -0.25) is 14.2 Å².